The summed E-state index contributed by atoms with van der Waals surface area (Å²) in [5.74, 6) is 0. The summed E-state index contributed by atoms with van der Waals surface area (Å²) >= 11 is 6.11. The number of fused-ring (bicyclic) bond motifs is 1. The summed E-state index contributed by atoms with van der Waals surface area (Å²) in [6.45, 7) is 2.96. The molecule has 1 aromatic rings. The van der Waals surface area contributed by atoms with Gasteiger partial charge in [-0.25, -0.2) is 0 Å². The average Bonchev–Trinajstić information content (AvgIpc) is 2.45. The third-order valence-corrected chi connectivity index (χ3v) is 3.28. The summed E-state index contributed by atoms with van der Waals surface area (Å²) in [6, 6.07) is 6.13. The molecule has 2 N–H and O–H groups in total. The molecule has 70 valence electrons. The van der Waals surface area contributed by atoms with Crippen LogP contribution in [-0.4, -0.2) is 6.54 Å². The standard InChI is InChI=1S/C11H14ClN/c1-11(7-13)5-8-3-2-4-10(12)9(8)6-11/h2-4H,5-7,13H2,1H3. The number of rotatable bonds is 1. The third kappa shape index (κ3) is 1.47. The van der Waals surface area contributed by atoms with Crippen molar-refractivity contribution < 1.29 is 0 Å². The molecule has 0 aliphatic heterocycles. The van der Waals surface area contributed by atoms with E-state index in [4.69, 9.17) is 17.3 Å². The molecule has 1 aromatic carbocycles. The van der Waals surface area contributed by atoms with Gasteiger partial charge in [0, 0.05) is 5.02 Å². The molecule has 1 unspecified atom stereocenters. The van der Waals surface area contributed by atoms with Gasteiger partial charge in [0.05, 0.1) is 0 Å². The predicted octanol–water partition coefficient (Wildman–Crippen LogP) is 2.40. The SMILES string of the molecule is CC1(CN)Cc2cccc(Cl)c2C1. The minimum Gasteiger partial charge on any atom is -0.330 e. The van der Waals surface area contributed by atoms with Crippen LogP contribution in [0.2, 0.25) is 5.02 Å². The van der Waals surface area contributed by atoms with E-state index in [9.17, 15) is 0 Å². The number of nitrogens with two attached hydrogens (primary N) is 1. The van der Waals surface area contributed by atoms with E-state index in [1.807, 2.05) is 12.1 Å². The Morgan fingerprint density at radius 1 is 1.46 bits per heavy atom. The van der Waals surface area contributed by atoms with E-state index in [1.165, 1.54) is 11.1 Å². The van der Waals surface area contributed by atoms with Gasteiger partial charge in [-0.1, -0.05) is 30.7 Å². The molecule has 1 nitrogen and oxygen atoms in total. The summed E-state index contributed by atoms with van der Waals surface area (Å²) in [6.07, 6.45) is 2.10. The van der Waals surface area contributed by atoms with Crippen LogP contribution in [0.4, 0.5) is 0 Å². The smallest absolute Gasteiger partial charge is 0.0440 e. The van der Waals surface area contributed by atoms with Gasteiger partial charge in [0.1, 0.15) is 0 Å². The molecule has 0 heterocycles. The number of hydrogen-bond donors (Lipinski definition) is 1. The van der Waals surface area contributed by atoms with Crippen LogP contribution in [0, 0.1) is 5.41 Å². The monoisotopic (exact) mass is 195 g/mol. The van der Waals surface area contributed by atoms with Crippen molar-refractivity contribution in [3.8, 4) is 0 Å². The van der Waals surface area contributed by atoms with Crippen LogP contribution in [0.1, 0.15) is 18.1 Å². The number of benzene rings is 1. The van der Waals surface area contributed by atoms with E-state index in [2.05, 4.69) is 13.0 Å². The van der Waals surface area contributed by atoms with Crippen LogP contribution in [0.5, 0.6) is 0 Å². The van der Waals surface area contributed by atoms with Crippen molar-refractivity contribution in [1.82, 2.24) is 0 Å². The molecule has 1 atom stereocenters. The van der Waals surface area contributed by atoms with Crippen molar-refractivity contribution in [2.75, 3.05) is 6.54 Å². The second-order valence-electron chi connectivity index (χ2n) is 4.25. The molecule has 0 saturated heterocycles. The van der Waals surface area contributed by atoms with Crippen LogP contribution in [-0.2, 0) is 12.8 Å². The third-order valence-electron chi connectivity index (χ3n) is 2.93. The minimum atomic E-state index is 0.229. The molecule has 2 rings (SSSR count). The van der Waals surface area contributed by atoms with Crippen LogP contribution in [0.15, 0.2) is 18.2 Å². The van der Waals surface area contributed by atoms with Gasteiger partial charge < -0.3 is 5.73 Å². The normalized spacial score (nSPS) is 26.1. The van der Waals surface area contributed by atoms with Crippen molar-refractivity contribution in [2.45, 2.75) is 19.8 Å². The topological polar surface area (TPSA) is 26.0 Å². The Bertz CT molecular complexity index is 335. The van der Waals surface area contributed by atoms with E-state index in [1.54, 1.807) is 0 Å². The van der Waals surface area contributed by atoms with Gasteiger partial charge in [0.2, 0.25) is 0 Å². The fourth-order valence-corrected chi connectivity index (χ4v) is 2.32. The molecular weight excluding hydrogens is 182 g/mol. The van der Waals surface area contributed by atoms with Crippen molar-refractivity contribution in [2.24, 2.45) is 11.1 Å². The van der Waals surface area contributed by atoms with Crippen molar-refractivity contribution in [1.29, 1.82) is 0 Å². The fraction of sp³-hybridized carbons (Fsp3) is 0.455. The second-order valence-corrected chi connectivity index (χ2v) is 4.65. The Morgan fingerprint density at radius 3 is 2.85 bits per heavy atom. The molecule has 0 saturated carbocycles. The lowest BCUT2D eigenvalue weighted by atomic mass is 9.88. The van der Waals surface area contributed by atoms with Gasteiger partial charge in [-0.05, 0) is 42.0 Å². The lowest BCUT2D eigenvalue weighted by molar-refractivity contribution is 0.359. The van der Waals surface area contributed by atoms with Crippen molar-refractivity contribution in [3.05, 3.63) is 34.3 Å². The molecule has 0 fully saturated rings. The highest BCUT2D eigenvalue weighted by atomic mass is 35.5. The van der Waals surface area contributed by atoms with Gasteiger partial charge in [-0.2, -0.15) is 0 Å². The lowest BCUT2D eigenvalue weighted by Gasteiger charge is -2.20. The van der Waals surface area contributed by atoms with E-state index < -0.39 is 0 Å². The first-order valence-electron chi connectivity index (χ1n) is 4.61. The number of hydrogen-bond acceptors (Lipinski definition) is 1. The van der Waals surface area contributed by atoms with Gasteiger partial charge in [-0.15, -0.1) is 0 Å². The van der Waals surface area contributed by atoms with Crippen molar-refractivity contribution in [3.63, 3.8) is 0 Å². The Kier molecular flexibility index (Phi) is 2.09. The molecule has 0 radical (unpaired) electrons. The molecule has 0 amide bonds. The average molecular weight is 196 g/mol. The Morgan fingerprint density at radius 2 is 2.23 bits per heavy atom. The Labute approximate surface area is 83.9 Å². The van der Waals surface area contributed by atoms with Gasteiger partial charge in [0.15, 0.2) is 0 Å². The largest absolute Gasteiger partial charge is 0.330 e. The first-order chi connectivity index (χ1) is 6.14. The van der Waals surface area contributed by atoms with E-state index in [0.717, 1.165) is 24.4 Å². The Hall–Kier alpha value is -0.530. The summed E-state index contributed by atoms with van der Waals surface area (Å²) in [4.78, 5) is 0. The molecule has 1 aliphatic rings. The second kappa shape index (κ2) is 3.00. The molecule has 0 bridgehead atoms. The van der Waals surface area contributed by atoms with Crippen molar-refractivity contribution >= 4 is 11.6 Å². The molecule has 0 spiro atoms. The maximum absolute atomic E-state index is 6.11. The summed E-state index contributed by atoms with van der Waals surface area (Å²) in [5, 5.41) is 0.898. The zero-order valence-electron chi connectivity index (χ0n) is 7.81. The zero-order valence-corrected chi connectivity index (χ0v) is 8.56. The quantitative estimate of drug-likeness (QED) is 0.732. The van der Waals surface area contributed by atoms with Crippen LogP contribution in [0.3, 0.4) is 0 Å². The predicted molar refractivity (Wildman–Crippen MR) is 56.0 cm³/mol. The highest BCUT2D eigenvalue weighted by Gasteiger charge is 2.32. The lowest BCUT2D eigenvalue weighted by Crippen LogP contribution is -2.27. The molecular formula is C11H14ClN. The van der Waals surface area contributed by atoms with Crippen LogP contribution < -0.4 is 5.73 Å². The van der Waals surface area contributed by atoms with E-state index >= 15 is 0 Å². The number of halogens is 1. The first-order valence-corrected chi connectivity index (χ1v) is 4.99. The summed E-state index contributed by atoms with van der Waals surface area (Å²) in [5.41, 5.74) is 8.66. The van der Waals surface area contributed by atoms with Gasteiger partial charge in [-0.3, -0.25) is 0 Å². The Balaban J connectivity index is 2.40. The van der Waals surface area contributed by atoms with Crippen LogP contribution >= 0.6 is 11.6 Å². The fourth-order valence-electron chi connectivity index (χ4n) is 2.06. The molecule has 0 aromatic heterocycles. The van der Waals surface area contributed by atoms with Gasteiger partial charge >= 0.3 is 0 Å². The molecule has 2 heteroatoms. The van der Waals surface area contributed by atoms with E-state index in [-0.39, 0.29) is 5.41 Å². The van der Waals surface area contributed by atoms with E-state index in [0.29, 0.717) is 0 Å². The summed E-state index contributed by atoms with van der Waals surface area (Å²) < 4.78 is 0. The maximum Gasteiger partial charge on any atom is 0.0440 e. The molecule has 13 heavy (non-hydrogen) atoms. The highest BCUT2D eigenvalue weighted by molar-refractivity contribution is 6.31. The maximum atomic E-state index is 6.11. The highest BCUT2D eigenvalue weighted by Crippen LogP contribution is 2.38. The van der Waals surface area contributed by atoms with Gasteiger partial charge in [0.25, 0.3) is 0 Å². The minimum absolute atomic E-state index is 0.229. The zero-order chi connectivity index (χ0) is 9.47. The first kappa shape index (κ1) is 9.04. The molecule has 1 aliphatic carbocycles. The summed E-state index contributed by atoms with van der Waals surface area (Å²) in [7, 11) is 0. The van der Waals surface area contributed by atoms with Crippen LogP contribution in [0.25, 0.3) is 0 Å².